The summed E-state index contributed by atoms with van der Waals surface area (Å²) in [5.74, 6) is 0.167. The minimum atomic E-state index is -0.0981. The minimum absolute atomic E-state index is 0.0981. The number of halogens is 1. The Hall–Kier alpha value is -2.60. The third-order valence-electron chi connectivity index (χ3n) is 4.45. The van der Waals surface area contributed by atoms with Crippen molar-refractivity contribution >= 4 is 21.8 Å². The number of carbonyl (C=O) groups excluding carboxylic acids is 1. The Kier molecular flexibility index (Phi) is 5.96. The van der Waals surface area contributed by atoms with Crippen molar-refractivity contribution in [1.29, 1.82) is 0 Å². The molecule has 0 atom stereocenters. The summed E-state index contributed by atoms with van der Waals surface area (Å²) in [5.41, 5.74) is 4.22. The van der Waals surface area contributed by atoms with E-state index in [1.54, 1.807) is 16.8 Å². The number of hydrogen-bond donors (Lipinski definition) is 2. The Bertz CT molecular complexity index is 931. The van der Waals surface area contributed by atoms with Gasteiger partial charge in [0, 0.05) is 11.0 Å². The van der Waals surface area contributed by atoms with Gasteiger partial charge in [-0.1, -0.05) is 28.1 Å². The molecule has 0 unspecified atom stereocenters. The monoisotopic (exact) mass is 427 g/mol. The number of amides is 1. The number of aromatic hydroxyl groups is 1. The van der Waals surface area contributed by atoms with Crippen molar-refractivity contribution in [3.63, 3.8) is 0 Å². The number of nitrogens with zero attached hydrogens (tertiary/aromatic N) is 2. The summed E-state index contributed by atoms with van der Waals surface area (Å²) in [6.07, 6.45) is 1.67. The number of nitrogens with one attached hydrogen (secondary N) is 1. The second-order valence-electron chi connectivity index (χ2n) is 6.46. The first-order valence-electron chi connectivity index (χ1n) is 8.84. The lowest BCUT2D eigenvalue weighted by Crippen LogP contribution is -2.25. The molecule has 2 N–H and O–H groups in total. The van der Waals surface area contributed by atoms with Crippen LogP contribution in [0.15, 0.2) is 53.0 Å². The van der Waals surface area contributed by atoms with Crippen LogP contribution in [-0.4, -0.2) is 27.3 Å². The molecule has 0 radical (unpaired) electrons. The highest BCUT2D eigenvalue weighted by atomic mass is 79.9. The maximum atomic E-state index is 12.6. The molecule has 0 fully saturated rings. The van der Waals surface area contributed by atoms with E-state index in [0.29, 0.717) is 17.8 Å². The highest BCUT2D eigenvalue weighted by Gasteiger charge is 2.19. The van der Waals surface area contributed by atoms with E-state index in [1.807, 2.05) is 50.2 Å². The quantitative estimate of drug-likeness (QED) is 0.575. The van der Waals surface area contributed by atoms with Crippen LogP contribution in [0, 0.1) is 13.8 Å². The van der Waals surface area contributed by atoms with Gasteiger partial charge in [-0.05, 0) is 68.7 Å². The van der Waals surface area contributed by atoms with Crippen LogP contribution in [0.5, 0.6) is 5.75 Å². The Balaban J connectivity index is 1.63. The van der Waals surface area contributed by atoms with Crippen LogP contribution < -0.4 is 5.32 Å². The molecule has 1 heterocycles. The number of phenols is 1. The number of benzene rings is 2. The van der Waals surface area contributed by atoms with Crippen LogP contribution in [0.25, 0.3) is 5.69 Å². The summed E-state index contributed by atoms with van der Waals surface area (Å²) in [7, 11) is 0. The highest BCUT2D eigenvalue weighted by Crippen LogP contribution is 2.20. The van der Waals surface area contributed by atoms with E-state index < -0.39 is 0 Å². The van der Waals surface area contributed by atoms with Crippen LogP contribution in [0.2, 0.25) is 0 Å². The van der Waals surface area contributed by atoms with Crippen LogP contribution >= 0.6 is 15.9 Å². The number of hydrogen-bond acceptors (Lipinski definition) is 3. The highest BCUT2D eigenvalue weighted by molar-refractivity contribution is 9.10. The summed E-state index contributed by atoms with van der Waals surface area (Å²) in [6, 6.07) is 15.0. The molecular formula is C21H22BrN3O2. The predicted molar refractivity (Wildman–Crippen MR) is 109 cm³/mol. The second-order valence-corrected chi connectivity index (χ2v) is 7.38. The normalized spacial score (nSPS) is 10.8. The molecule has 0 spiro atoms. The molecule has 3 rings (SSSR count). The Morgan fingerprint density at radius 3 is 2.44 bits per heavy atom. The average Bonchev–Trinajstić information content (AvgIpc) is 2.95. The van der Waals surface area contributed by atoms with Gasteiger partial charge >= 0.3 is 0 Å². The number of aromatic nitrogens is 2. The van der Waals surface area contributed by atoms with E-state index in [2.05, 4.69) is 26.3 Å². The van der Waals surface area contributed by atoms with Gasteiger partial charge in [-0.2, -0.15) is 5.10 Å². The molecule has 3 aromatic rings. The number of carbonyl (C=O) groups is 1. The standard InChI is InChI=1S/C21H22BrN3O2/c1-14-20(15(2)25(24-14)18-9-7-17(22)8-10-18)21(27)23-13-3-4-16-5-11-19(26)12-6-16/h5-12,26H,3-4,13H2,1-2H3,(H,23,27). The van der Waals surface area contributed by atoms with Crippen LogP contribution in [0.3, 0.4) is 0 Å². The summed E-state index contributed by atoms with van der Waals surface area (Å²) >= 11 is 3.43. The van der Waals surface area contributed by atoms with Gasteiger partial charge in [-0.3, -0.25) is 4.79 Å². The molecule has 140 valence electrons. The van der Waals surface area contributed by atoms with Crippen molar-refractivity contribution < 1.29 is 9.90 Å². The topological polar surface area (TPSA) is 67.2 Å². The second kappa shape index (κ2) is 8.39. The summed E-state index contributed by atoms with van der Waals surface area (Å²) in [4.78, 5) is 12.6. The fourth-order valence-corrected chi connectivity index (χ4v) is 3.31. The van der Waals surface area contributed by atoms with E-state index in [-0.39, 0.29) is 11.7 Å². The van der Waals surface area contributed by atoms with E-state index in [1.165, 1.54) is 0 Å². The zero-order chi connectivity index (χ0) is 19.4. The van der Waals surface area contributed by atoms with Gasteiger partial charge in [-0.15, -0.1) is 0 Å². The molecule has 1 aromatic heterocycles. The third kappa shape index (κ3) is 4.57. The van der Waals surface area contributed by atoms with Crippen LogP contribution in [0.4, 0.5) is 0 Å². The molecule has 0 saturated heterocycles. The number of aryl methyl sites for hydroxylation is 2. The van der Waals surface area contributed by atoms with Gasteiger partial charge in [0.05, 0.1) is 22.6 Å². The fourth-order valence-electron chi connectivity index (χ4n) is 3.05. The first kappa shape index (κ1) is 19.2. The van der Waals surface area contributed by atoms with Crippen molar-refractivity contribution in [2.75, 3.05) is 6.54 Å². The van der Waals surface area contributed by atoms with Crippen molar-refractivity contribution in [3.8, 4) is 11.4 Å². The lowest BCUT2D eigenvalue weighted by atomic mass is 10.1. The van der Waals surface area contributed by atoms with Gasteiger partial charge in [0.1, 0.15) is 5.75 Å². The van der Waals surface area contributed by atoms with Crippen molar-refractivity contribution in [1.82, 2.24) is 15.1 Å². The van der Waals surface area contributed by atoms with Gasteiger partial charge < -0.3 is 10.4 Å². The van der Waals surface area contributed by atoms with Crippen molar-refractivity contribution in [2.45, 2.75) is 26.7 Å². The van der Waals surface area contributed by atoms with Crippen LogP contribution in [-0.2, 0) is 6.42 Å². The van der Waals surface area contributed by atoms with E-state index in [9.17, 15) is 9.90 Å². The van der Waals surface area contributed by atoms with Gasteiger partial charge in [0.15, 0.2) is 0 Å². The molecule has 0 aliphatic heterocycles. The molecule has 0 saturated carbocycles. The average molecular weight is 428 g/mol. The first-order chi connectivity index (χ1) is 13.0. The smallest absolute Gasteiger partial charge is 0.255 e. The molecule has 0 bridgehead atoms. The van der Waals surface area contributed by atoms with Gasteiger partial charge in [0.25, 0.3) is 5.91 Å². The molecule has 5 nitrogen and oxygen atoms in total. The SMILES string of the molecule is Cc1nn(-c2ccc(Br)cc2)c(C)c1C(=O)NCCCc1ccc(O)cc1. The van der Waals surface area contributed by atoms with E-state index in [0.717, 1.165) is 34.3 Å². The Morgan fingerprint density at radius 2 is 1.78 bits per heavy atom. The molecule has 0 aliphatic rings. The largest absolute Gasteiger partial charge is 0.508 e. The fraction of sp³-hybridized carbons (Fsp3) is 0.238. The summed E-state index contributed by atoms with van der Waals surface area (Å²) in [5, 5.41) is 16.8. The third-order valence-corrected chi connectivity index (χ3v) is 4.98. The maximum Gasteiger partial charge on any atom is 0.255 e. The van der Waals surface area contributed by atoms with Crippen molar-refractivity contribution in [2.24, 2.45) is 0 Å². The number of rotatable bonds is 6. The van der Waals surface area contributed by atoms with Gasteiger partial charge in [-0.25, -0.2) is 4.68 Å². The van der Waals surface area contributed by atoms with Crippen molar-refractivity contribution in [3.05, 3.63) is 75.5 Å². The minimum Gasteiger partial charge on any atom is -0.508 e. The van der Waals surface area contributed by atoms with Gasteiger partial charge in [0.2, 0.25) is 0 Å². The zero-order valence-corrected chi connectivity index (χ0v) is 17.0. The maximum absolute atomic E-state index is 12.6. The summed E-state index contributed by atoms with van der Waals surface area (Å²) < 4.78 is 2.80. The Morgan fingerprint density at radius 1 is 1.11 bits per heavy atom. The zero-order valence-electron chi connectivity index (χ0n) is 15.4. The summed E-state index contributed by atoms with van der Waals surface area (Å²) in [6.45, 7) is 4.35. The van der Waals surface area contributed by atoms with E-state index >= 15 is 0 Å². The number of phenolic OH excluding ortho intramolecular Hbond substituents is 1. The first-order valence-corrected chi connectivity index (χ1v) is 9.63. The Labute approximate surface area is 167 Å². The molecular weight excluding hydrogens is 406 g/mol. The predicted octanol–water partition coefficient (Wildman–Crippen LogP) is 4.32. The molecule has 27 heavy (non-hydrogen) atoms. The van der Waals surface area contributed by atoms with E-state index in [4.69, 9.17) is 0 Å². The lowest BCUT2D eigenvalue weighted by Gasteiger charge is -2.07. The molecule has 6 heteroatoms. The lowest BCUT2D eigenvalue weighted by molar-refractivity contribution is 0.0952. The molecule has 1 amide bonds. The van der Waals surface area contributed by atoms with Crippen LogP contribution in [0.1, 0.15) is 33.7 Å². The molecule has 2 aromatic carbocycles. The molecule has 0 aliphatic carbocycles.